The zero-order chi connectivity index (χ0) is 25.7. The minimum atomic E-state index is -0.156. The van der Waals surface area contributed by atoms with Crippen molar-refractivity contribution in [2.24, 2.45) is 0 Å². The lowest BCUT2D eigenvalue weighted by Gasteiger charge is -2.08. The van der Waals surface area contributed by atoms with Crippen LogP contribution in [0.2, 0.25) is 0 Å². The van der Waals surface area contributed by atoms with Crippen LogP contribution in [0.3, 0.4) is 0 Å². The molecule has 2 amide bonds. The quantitative estimate of drug-likeness (QED) is 0.181. The molecule has 0 aliphatic carbocycles. The highest BCUT2D eigenvalue weighted by molar-refractivity contribution is 6.04. The van der Waals surface area contributed by atoms with Crippen molar-refractivity contribution in [1.82, 2.24) is 5.32 Å². The third kappa shape index (κ3) is 13.5. The maximum atomic E-state index is 12.4. The molecular formula is C32H48N2O2. The van der Waals surface area contributed by atoms with Crippen molar-refractivity contribution in [3.8, 4) is 0 Å². The number of carbonyl (C=O) groups excluding carboxylic acids is 2. The number of unbranched alkanes of at least 4 members (excludes halogenated alkanes) is 15. The Morgan fingerprint density at radius 3 is 1.47 bits per heavy atom. The average Bonchev–Trinajstić information content (AvgIpc) is 2.91. The Morgan fingerprint density at radius 1 is 0.528 bits per heavy atom. The normalized spacial score (nSPS) is 10.8. The van der Waals surface area contributed by atoms with E-state index in [4.69, 9.17) is 0 Å². The van der Waals surface area contributed by atoms with Crippen molar-refractivity contribution in [3.05, 3.63) is 65.7 Å². The van der Waals surface area contributed by atoms with Crippen LogP contribution >= 0.6 is 0 Å². The van der Waals surface area contributed by atoms with Gasteiger partial charge in [-0.3, -0.25) is 9.59 Å². The molecule has 4 heteroatoms. The van der Waals surface area contributed by atoms with Gasteiger partial charge >= 0.3 is 0 Å². The van der Waals surface area contributed by atoms with Crippen molar-refractivity contribution in [2.45, 2.75) is 110 Å². The highest BCUT2D eigenvalue weighted by Gasteiger charge is 2.07. The average molecular weight is 493 g/mol. The monoisotopic (exact) mass is 492 g/mol. The van der Waals surface area contributed by atoms with E-state index >= 15 is 0 Å². The van der Waals surface area contributed by atoms with Gasteiger partial charge in [0, 0.05) is 23.4 Å². The molecule has 0 bridgehead atoms. The molecule has 36 heavy (non-hydrogen) atoms. The van der Waals surface area contributed by atoms with E-state index in [0.717, 1.165) is 6.42 Å². The summed E-state index contributed by atoms with van der Waals surface area (Å²) in [4.78, 5) is 24.6. The number of anilines is 1. The predicted molar refractivity (Wildman–Crippen MR) is 153 cm³/mol. The summed E-state index contributed by atoms with van der Waals surface area (Å²) in [6.45, 7) is 2.99. The molecule has 4 nitrogen and oxygen atoms in total. The summed E-state index contributed by atoms with van der Waals surface area (Å²) >= 11 is 0. The highest BCUT2D eigenvalue weighted by atomic mass is 16.2. The lowest BCUT2D eigenvalue weighted by molar-refractivity contribution is 0.0952. The van der Waals surface area contributed by atoms with E-state index in [1.807, 2.05) is 18.2 Å². The number of hydrogen-bond acceptors (Lipinski definition) is 2. The number of amides is 2. The third-order valence-electron chi connectivity index (χ3n) is 6.76. The number of rotatable bonds is 20. The Kier molecular flexibility index (Phi) is 16.1. The molecule has 0 atom stereocenters. The molecule has 0 aliphatic rings. The number of nitrogens with one attached hydrogen (secondary N) is 2. The first-order valence-electron chi connectivity index (χ1n) is 14.5. The van der Waals surface area contributed by atoms with Crippen molar-refractivity contribution in [3.63, 3.8) is 0 Å². The molecule has 2 aromatic rings. The molecule has 0 unspecified atom stereocenters. The molecule has 0 heterocycles. The number of carbonyl (C=O) groups is 2. The smallest absolute Gasteiger partial charge is 0.255 e. The lowest BCUT2D eigenvalue weighted by atomic mass is 10.0. The van der Waals surface area contributed by atoms with Crippen LogP contribution in [0.15, 0.2) is 54.6 Å². The second kappa shape index (κ2) is 19.6. The van der Waals surface area contributed by atoms with Crippen LogP contribution in [0.5, 0.6) is 0 Å². The van der Waals surface area contributed by atoms with Gasteiger partial charge in [0.15, 0.2) is 0 Å². The Labute approximate surface area is 219 Å². The van der Waals surface area contributed by atoms with Gasteiger partial charge in [0.25, 0.3) is 11.8 Å². The largest absolute Gasteiger partial charge is 0.352 e. The molecule has 2 aromatic carbocycles. The maximum absolute atomic E-state index is 12.4. The summed E-state index contributed by atoms with van der Waals surface area (Å²) in [5.41, 5.74) is 1.90. The molecular weight excluding hydrogens is 444 g/mol. The summed E-state index contributed by atoms with van der Waals surface area (Å²) in [6.07, 6.45) is 21.6. The minimum absolute atomic E-state index is 0.0584. The van der Waals surface area contributed by atoms with E-state index < -0.39 is 0 Å². The Bertz CT molecular complexity index is 833. The summed E-state index contributed by atoms with van der Waals surface area (Å²) in [6, 6.07) is 16.1. The van der Waals surface area contributed by atoms with Crippen LogP contribution < -0.4 is 10.6 Å². The number of hydrogen-bond donors (Lipinski definition) is 2. The van der Waals surface area contributed by atoms with Gasteiger partial charge in [-0.15, -0.1) is 0 Å². The molecule has 0 aromatic heterocycles. The molecule has 2 N–H and O–H groups in total. The fourth-order valence-corrected chi connectivity index (χ4v) is 4.47. The molecule has 0 saturated carbocycles. The molecule has 0 spiro atoms. The Hall–Kier alpha value is -2.62. The molecule has 0 fully saturated rings. The molecule has 0 radical (unpaired) electrons. The summed E-state index contributed by atoms with van der Waals surface area (Å²) < 4.78 is 0. The van der Waals surface area contributed by atoms with E-state index in [2.05, 4.69) is 17.6 Å². The van der Waals surface area contributed by atoms with Gasteiger partial charge in [-0.25, -0.2) is 0 Å². The molecule has 198 valence electrons. The first-order chi connectivity index (χ1) is 17.7. The molecule has 0 aliphatic heterocycles. The van der Waals surface area contributed by atoms with Gasteiger partial charge in [-0.1, -0.05) is 121 Å². The SMILES string of the molecule is CCCCCCCCCCCCCCCCCCNC(=O)c1ccc(NC(=O)c2ccccc2)cc1. The second-order valence-electron chi connectivity index (χ2n) is 9.96. The van der Waals surface area contributed by atoms with E-state index in [-0.39, 0.29) is 11.8 Å². The molecule has 2 rings (SSSR count). The van der Waals surface area contributed by atoms with E-state index in [9.17, 15) is 9.59 Å². The van der Waals surface area contributed by atoms with Crippen molar-refractivity contribution in [1.29, 1.82) is 0 Å². The van der Waals surface area contributed by atoms with Crippen LogP contribution in [0.25, 0.3) is 0 Å². The Balaban J connectivity index is 1.42. The van der Waals surface area contributed by atoms with Crippen molar-refractivity contribution in [2.75, 3.05) is 11.9 Å². The van der Waals surface area contributed by atoms with Crippen LogP contribution in [0.1, 0.15) is 130 Å². The lowest BCUT2D eigenvalue weighted by Crippen LogP contribution is -2.24. The van der Waals surface area contributed by atoms with Gasteiger partial charge in [0.05, 0.1) is 0 Å². The van der Waals surface area contributed by atoms with E-state index in [0.29, 0.717) is 23.4 Å². The maximum Gasteiger partial charge on any atom is 0.255 e. The van der Waals surface area contributed by atoms with Gasteiger partial charge < -0.3 is 10.6 Å². The van der Waals surface area contributed by atoms with Crippen LogP contribution in [-0.4, -0.2) is 18.4 Å². The Morgan fingerprint density at radius 2 is 0.972 bits per heavy atom. The topological polar surface area (TPSA) is 58.2 Å². The van der Waals surface area contributed by atoms with Crippen molar-refractivity contribution >= 4 is 17.5 Å². The van der Waals surface area contributed by atoms with Crippen LogP contribution in [0, 0.1) is 0 Å². The highest BCUT2D eigenvalue weighted by Crippen LogP contribution is 2.14. The standard InChI is InChI=1S/C32H48N2O2/c1-2-3-4-5-6-7-8-9-10-11-12-13-14-15-16-20-27-33-31(35)29-23-25-30(26-24-29)34-32(36)28-21-18-17-19-22-28/h17-19,21-26H,2-16,20,27H2,1H3,(H,33,35)(H,34,36). The fourth-order valence-electron chi connectivity index (χ4n) is 4.47. The van der Waals surface area contributed by atoms with Gasteiger partial charge in [-0.05, 0) is 42.8 Å². The first-order valence-corrected chi connectivity index (χ1v) is 14.5. The summed E-state index contributed by atoms with van der Waals surface area (Å²) in [7, 11) is 0. The van der Waals surface area contributed by atoms with Crippen LogP contribution in [0.4, 0.5) is 5.69 Å². The third-order valence-corrected chi connectivity index (χ3v) is 6.76. The molecule has 0 saturated heterocycles. The van der Waals surface area contributed by atoms with Gasteiger partial charge in [0.2, 0.25) is 0 Å². The zero-order valence-corrected chi connectivity index (χ0v) is 22.5. The van der Waals surface area contributed by atoms with Crippen LogP contribution in [-0.2, 0) is 0 Å². The van der Waals surface area contributed by atoms with E-state index in [1.54, 1.807) is 36.4 Å². The predicted octanol–water partition coefficient (Wildman–Crippen LogP) is 8.93. The first kappa shape index (κ1) is 29.6. The second-order valence-corrected chi connectivity index (χ2v) is 9.96. The van der Waals surface area contributed by atoms with Crippen molar-refractivity contribution < 1.29 is 9.59 Å². The fraction of sp³-hybridized carbons (Fsp3) is 0.562. The minimum Gasteiger partial charge on any atom is -0.352 e. The zero-order valence-electron chi connectivity index (χ0n) is 22.5. The van der Waals surface area contributed by atoms with E-state index in [1.165, 1.54) is 96.3 Å². The summed E-state index contributed by atoms with van der Waals surface area (Å²) in [5.74, 6) is -0.215. The summed E-state index contributed by atoms with van der Waals surface area (Å²) in [5, 5.41) is 5.87. The van der Waals surface area contributed by atoms with Gasteiger partial charge in [-0.2, -0.15) is 0 Å². The van der Waals surface area contributed by atoms with Gasteiger partial charge in [0.1, 0.15) is 0 Å². The number of benzene rings is 2.